The van der Waals surface area contributed by atoms with Crippen LogP contribution in [-0.4, -0.2) is 35.7 Å². The Balaban J connectivity index is 1.65. The van der Waals surface area contributed by atoms with Crippen LogP contribution in [0.1, 0.15) is 24.8 Å². The van der Waals surface area contributed by atoms with E-state index in [9.17, 15) is 0 Å². The van der Waals surface area contributed by atoms with E-state index in [0.717, 1.165) is 42.9 Å². The fourth-order valence-electron chi connectivity index (χ4n) is 2.92. The second kappa shape index (κ2) is 6.96. The van der Waals surface area contributed by atoms with Crippen LogP contribution in [0.15, 0.2) is 24.3 Å². The Bertz CT molecular complexity index is 543. The molecule has 0 radical (unpaired) electrons. The Hall–Kier alpha value is -0.820. The van der Waals surface area contributed by atoms with Crippen LogP contribution in [0.25, 0.3) is 0 Å². The van der Waals surface area contributed by atoms with Gasteiger partial charge < -0.3 is 9.47 Å². The van der Waals surface area contributed by atoms with Gasteiger partial charge in [-0.05, 0) is 30.4 Å². The van der Waals surface area contributed by atoms with Crippen LogP contribution < -0.4 is 4.74 Å². The normalized spacial score (nSPS) is 28.1. The van der Waals surface area contributed by atoms with Crippen molar-refractivity contribution in [1.29, 1.82) is 0 Å². The van der Waals surface area contributed by atoms with Gasteiger partial charge >= 0.3 is 0 Å². The molecular weight excluding hydrogens is 304 g/mol. The number of benzene rings is 1. The van der Waals surface area contributed by atoms with Crippen molar-refractivity contribution in [1.82, 2.24) is 0 Å². The monoisotopic (exact) mass is 322 g/mol. The van der Waals surface area contributed by atoms with Crippen LogP contribution in [0, 0.1) is 11.8 Å². The highest BCUT2D eigenvalue weighted by Crippen LogP contribution is 2.39. The lowest BCUT2D eigenvalue weighted by Crippen LogP contribution is -2.43. The lowest BCUT2D eigenvalue weighted by molar-refractivity contribution is -0.0958. The zero-order valence-electron chi connectivity index (χ0n) is 11.9. The van der Waals surface area contributed by atoms with Crippen molar-refractivity contribution in [3.05, 3.63) is 29.8 Å². The minimum Gasteiger partial charge on any atom is -0.490 e. The number of hydrogen-bond acceptors (Lipinski definition) is 3. The Morgan fingerprint density at radius 2 is 2.43 bits per heavy atom. The zero-order chi connectivity index (χ0) is 14.5. The van der Waals surface area contributed by atoms with E-state index in [0.29, 0.717) is 5.88 Å². The van der Waals surface area contributed by atoms with E-state index < -0.39 is 0 Å². The van der Waals surface area contributed by atoms with Crippen LogP contribution in [0.3, 0.4) is 0 Å². The quantitative estimate of drug-likeness (QED) is 0.611. The predicted octanol–water partition coefficient (Wildman–Crippen LogP) is 3.71. The molecule has 2 unspecified atom stereocenters. The van der Waals surface area contributed by atoms with Gasteiger partial charge in [0, 0.05) is 24.2 Å². The fraction of sp³-hybridized carbons (Fsp3) is 0.529. The van der Waals surface area contributed by atoms with Crippen molar-refractivity contribution in [2.24, 2.45) is 0 Å². The Kier molecular flexibility index (Phi) is 5.00. The summed E-state index contributed by atoms with van der Waals surface area (Å²) in [7, 11) is 0. The molecule has 4 heteroatoms. The third kappa shape index (κ3) is 3.88. The molecule has 1 aromatic carbocycles. The highest BCUT2D eigenvalue weighted by molar-refractivity contribution is 7.99. The molecule has 0 amide bonds. The molecule has 1 aromatic rings. The minimum atomic E-state index is 0.0591. The molecule has 0 aliphatic carbocycles. The molecule has 2 saturated heterocycles. The lowest BCUT2D eigenvalue weighted by atomic mass is 9.91. The smallest absolute Gasteiger partial charge is 0.120 e. The Labute approximate surface area is 135 Å². The molecule has 2 fully saturated rings. The van der Waals surface area contributed by atoms with Gasteiger partial charge in [-0.2, -0.15) is 11.8 Å². The summed E-state index contributed by atoms with van der Waals surface area (Å²) in [6.45, 7) is 0.803. The van der Waals surface area contributed by atoms with E-state index >= 15 is 0 Å². The van der Waals surface area contributed by atoms with E-state index in [-0.39, 0.29) is 11.7 Å². The van der Waals surface area contributed by atoms with Crippen LogP contribution in [-0.2, 0) is 4.74 Å². The number of alkyl halides is 1. The van der Waals surface area contributed by atoms with Crippen molar-refractivity contribution in [3.8, 4) is 17.6 Å². The molecule has 2 aliphatic rings. The fourth-order valence-corrected chi connectivity index (χ4v) is 4.37. The molecule has 0 aromatic heterocycles. The van der Waals surface area contributed by atoms with E-state index in [1.807, 2.05) is 36.0 Å². The van der Waals surface area contributed by atoms with E-state index in [4.69, 9.17) is 21.1 Å². The third-order valence-corrected chi connectivity index (χ3v) is 5.31. The number of ether oxygens (including phenoxy) is 2. The van der Waals surface area contributed by atoms with Crippen molar-refractivity contribution in [3.63, 3.8) is 0 Å². The first-order chi connectivity index (χ1) is 10.3. The van der Waals surface area contributed by atoms with Gasteiger partial charge in [0.05, 0.1) is 18.1 Å². The van der Waals surface area contributed by atoms with Gasteiger partial charge in [-0.25, -0.2) is 0 Å². The summed E-state index contributed by atoms with van der Waals surface area (Å²) in [5.41, 5.74) is 1.01. The maximum atomic E-state index is 6.17. The summed E-state index contributed by atoms with van der Waals surface area (Å²) in [4.78, 5) is 0. The molecule has 21 heavy (non-hydrogen) atoms. The highest BCUT2D eigenvalue weighted by Gasteiger charge is 2.41. The van der Waals surface area contributed by atoms with Crippen molar-refractivity contribution in [2.75, 3.05) is 24.0 Å². The summed E-state index contributed by atoms with van der Waals surface area (Å²) >= 11 is 7.58. The SMILES string of the molecule is ClCC#Cc1cccc(OC2CCOC3(CCSC3)C2)c1. The van der Waals surface area contributed by atoms with Crippen molar-refractivity contribution in [2.45, 2.75) is 31.0 Å². The lowest BCUT2D eigenvalue weighted by Gasteiger charge is -2.37. The topological polar surface area (TPSA) is 18.5 Å². The average Bonchev–Trinajstić information content (AvgIpc) is 2.93. The highest BCUT2D eigenvalue weighted by atomic mass is 35.5. The first kappa shape index (κ1) is 15.1. The second-order valence-corrected chi connectivity index (χ2v) is 6.90. The number of halogens is 1. The minimum absolute atomic E-state index is 0.0591. The summed E-state index contributed by atoms with van der Waals surface area (Å²) in [6.07, 6.45) is 3.36. The van der Waals surface area contributed by atoms with Crippen LogP contribution in [0.5, 0.6) is 5.75 Å². The van der Waals surface area contributed by atoms with E-state index in [1.54, 1.807) is 0 Å². The number of thioether (sulfide) groups is 1. The summed E-state index contributed by atoms with van der Waals surface area (Å²) < 4.78 is 12.2. The molecular formula is C17H19ClO2S. The number of rotatable bonds is 2. The molecule has 112 valence electrons. The standard InChI is InChI=1S/C17H19ClO2S/c18-8-2-4-14-3-1-5-15(11-14)20-16-6-9-19-17(12-16)7-10-21-13-17/h1,3,5,11,16H,6-10,12-13H2. The maximum absolute atomic E-state index is 6.17. The van der Waals surface area contributed by atoms with Crippen LogP contribution in [0.4, 0.5) is 0 Å². The first-order valence-electron chi connectivity index (χ1n) is 7.33. The molecule has 0 saturated carbocycles. The van der Waals surface area contributed by atoms with Crippen molar-refractivity contribution < 1.29 is 9.47 Å². The largest absolute Gasteiger partial charge is 0.490 e. The van der Waals surface area contributed by atoms with Gasteiger partial charge in [-0.15, -0.1) is 11.6 Å². The summed E-state index contributed by atoms with van der Waals surface area (Å²) in [6, 6.07) is 7.95. The van der Waals surface area contributed by atoms with Gasteiger partial charge in [0.2, 0.25) is 0 Å². The molecule has 2 heterocycles. The van der Waals surface area contributed by atoms with E-state index in [1.165, 1.54) is 5.75 Å². The molecule has 2 nitrogen and oxygen atoms in total. The third-order valence-electron chi connectivity index (χ3n) is 3.95. The molecule has 0 bridgehead atoms. The van der Waals surface area contributed by atoms with Crippen molar-refractivity contribution >= 4 is 23.4 Å². The van der Waals surface area contributed by atoms with Gasteiger partial charge in [0.15, 0.2) is 0 Å². The van der Waals surface area contributed by atoms with Gasteiger partial charge in [0.25, 0.3) is 0 Å². The molecule has 2 atom stereocenters. The molecule has 1 spiro atoms. The van der Waals surface area contributed by atoms with Crippen LogP contribution in [0.2, 0.25) is 0 Å². The van der Waals surface area contributed by atoms with Gasteiger partial charge in [-0.1, -0.05) is 17.9 Å². The second-order valence-electron chi connectivity index (χ2n) is 5.53. The predicted molar refractivity (Wildman–Crippen MR) is 88.3 cm³/mol. The molecule has 3 rings (SSSR count). The van der Waals surface area contributed by atoms with Crippen LogP contribution >= 0.6 is 23.4 Å². The zero-order valence-corrected chi connectivity index (χ0v) is 13.5. The van der Waals surface area contributed by atoms with Gasteiger partial charge in [0.1, 0.15) is 11.9 Å². The van der Waals surface area contributed by atoms with E-state index in [2.05, 4.69) is 11.8 Å². The Morgan fingerprint density at radius 3 is 3.24 bits per heavy atom. The maximum Gasteiger partial charge on any atom is 0.120 e. The number of hydrogen-bond donors (Lipinski definition) is 0. The molecule has 2 aliphatic heterocycles. The summed E-state index contributed by atoms with van der Waals surface area (Å²) in [5.74, 6) is 9.46. The Morgan fingerprint density at radius 1 is 1.48 bits per heavy atom. The van der Waals surface area contributed by atoms with Gasteiger partial charge in [-0.3, -0.25) is 0 Å². The first-order valence-corrected chi connectivity index (χ1v) is 9.02. The summed E-state index contributed by atoms with van der Waals surface area (Å²) in [5, 5.41) is 0. The average molecular weight is 323 g/mol. The molecule has 0 N–H and O–H groups in total.